The maximum absolute atomic E-state index is 6.62. The second-order valence-corrected chi connectivity index (χ2v) is 17.0. The molecule has 0 amide bonds. The van der Waals surface area contributed by atoms with Crippen molar-refractivity contribution in [1.29, 1.82) is 0 Å². The Morgan fingerprint density at radius 3 is 1.32 bits per heavy atom. The van der Waals surface area contributed by atoms with Crippen molar-refractivity contribution in [3.8, 4) is 11.5 Å². The van der Waals surface area contributed by atoms with Gasteiger partial charge in [0, 0.05) is 32.2 Å². The van der Waals surface area contributed by atoms with Gasteiger partial charge < -0.3 is 9.05 Å². The fourth-order valence-corrected chi connectivity index (χ4v) is 13.0. The molecule has 5 aromatic carbocycles. The standard InChI is InChI=1S/C30H18N2O2P2S2/c37-35(19-9-3-1-4-10-19)31-25-17-24-22-14-8-16-28-30(22)32(36(38,34-28)20-11-5-2-6-12-20)26(24)18-23(25)21-13-7-15-27(33-35)29(21)31/h1-18H. The molecule has 2 atom stereocenters. The number of nitrogens with zero attached hydrogens (tertiary/aromatic N) is 2. The van der Waals surface area contributed by atoms with Crippen LogP contribution in [0.5, 0.6) is 11.5 Å². The molecular weight excluding hydrogens is 546 g/mol. The van der Waals surface area contributed by atoms with E-state index in [1.165, 1.54) is 0 Å². The van der Waals surface area contributed by atoms with Crippen molar-refractivity contribution < 1.29 is 9.05 Å². The third-order valence-corrected chi connectivity index (χ3v) is 15.1. The average molecular weight is 565 g/mol. The smallest absolute Gasteiger partial charge is 0.239 e. The molecular formula is C30H18N2O2P2S2. The molecule has 0 aliphatic carbocycles. The van der Waals surface area contributed by atoms with Gasteiger partial charge in [-0.1, -0.05) is 60.7 Å². The molecule has 38 heavy (non-hydrogen) atoms. The molecule has 0 saturated heterocycles. The summed E-state index contributed by atoms with van der Waals surface area (Å²) < 4.78 is 17.9. The number of hydrogen-bond acceptors (Lipinski definition) is 4. The lowest BCUT2D eigenvalue weighted by atomic mass is 10.1. The molecule has 9 rings (SSSR count). The van der Waals surface area contributed by atoms with Gasteiger partial charge in [0.25, 0.3) is 0 Å². The number of rotatable bonds is 2. The molecule has 182 valence electrons. The van der Waals surface area contributed by atoms with E-state index in [4.69, 9.17) is 32.7 Å². The van der Waals surface area contributed by atoms with Gasteiger partial charge in [-0.3, -0.25) is 8.68 Å². The Labute approximate surface area is 228 Å². The summed E-state index contributed by atoms with van der Waals surface area (Å²) in [7, 11) is 0. The Kier molecular flexibility index (Phi) is 4.06. The molecule has 0 spiro atoms. The first-order valence-electron chi connectivity index (χ1n) is 12.3. The van der Waals surface area contributed by atoms with Gasteiger partial charge >= 0.3 is 0 Å². The van der Waals surface area contributed by atoms with Gasteiger partial charge in [0.05, 0.1) is 22.1 Å². The highest BCUT2D eigenvalue weighted by Crippen LogP contribution is 2.63. The highest BCUT2D eigenvalue weighted by molar-refractivity contribution is 8.16. The van der Waals surface area contributed by atoms with Crippen molar-refractivity contribution in [1.82, 2.24) is 8.68 Å². The topological polar surface area (TPSA) is 28.3 Å². The van der Waals surface area contributed by atoms with Crippen LogP contribution in [0.3, 0.4) is 0 Å². The molecule has 2 aliphatic rings. The molecule has 0 bridgehead atoms. The minimum absolute atomic E-state index is 0.854. The first-order valence-corrected chi connectivity index (χ1v) is 17.7. The Balaban J connectivity index is 1.45. The predicted molar refractivity (Wildman–Crippen MR) is 165 cm³/mol. The molecule has 0 fully saturated rings. The summed E-state index contributed by atoms with van der Waals surface area (Å²) in [4.78, 5) is 0. The molecule has 7 aromatic rings. The highest BCUT2D eigenvalue weighted by Gasteiger charge is 2.39. The molecule has 8 heteroatoms. The zero-order valence-electron chi connectivity index (χ0n) is 19.8. The van der Waals surface area contributed by atoms with Crippen LogP contribution in [-0.4, -0.2) is 8.68 Å². The van der Waals surface area contributed by atoms with Crippen LogP contribution in [0.4, 0.5) is 0 Å². The van der Waals surface area contributed by atoms with Crippen molar-refractivity contribution in [2.75, 3.05) is 0 Å². The first-order chi connectivity index (χ1) is 18.6. The highest BCUT2D eigenvalue weighted by atomic mass is 32.5. The zero-order valence-corrected chi connectivity index (χ0v) is 23.2. The first kappa shape index (κ1) is 21.5. The summed E-state index contributed by atoms with van der Waals surface area (Å²) in [6, 6.07) is 37.7. The van der Waals surface area contributed by atoms with E-state index in [2.05, 4.69) is 69.3 Å². The van der Waals surface area contributed by atoms with E-state index < -0.39 is 12.8 Å². The van der Waals surface area contributed by atoms with Crippen molar-refractivity contribution >= 4 is 90.7 Å². The van der Waals surface area contributed by atoms with Crippen molar-refractivity contribution in [3.05, 3.63) is 109 Å². The average Bonchev–Trinajstić information content (AvgIpc) is 3.66. The van der Waals surface area contributed by atoms with Gasteiger partial charge in [0.2, 0.25) is 12.8 Å². The van der Waals surface area contributed by atoms with Crippen LogP contribution in [0.2, 0.25) is 0 Å². The summed E-state index contributed by atoms with van der Waals surface area (Å²) in [5, 5.41) is 6.70. The maximum atomic E-state index is 6.62. The molecule has 0 N–H and O–H groups in total. The quantitative estimate of drug-likeness (QED) is 0.202. The lowest BCUT2D eigenvalue weighted by Gasteiger charge is -2.21. The van der Waals surface area contributed by atoms with Gasteiger partial charge in [0.1, 0.15) is 0 Å². The van der Waals surface area contributed by atoms with E-state index in [0.29, 0.717) is 0 Å². The largest absolute Gasteiger partial charge is 0.442 e. The van der Waals surface area contributed by atoms with Crippen LogP contribution in [0.1, 0.15) is 0 Å². The summed E-state index contributed by atoms with van der Waals surface area (Å²) in [5.41, 5.74) is 4.35. The van der Waals surface area contributed by atoms with Crippen LogP contribution < -0.4 is 19.7 Å². The Hall–Kier alpha value is -3.40. The SMILES string of the molecule is S=P1(c2ccccc2)Oc2cccc3c4cc5c(cc4n1c23)c1cccc2c1n5P(=S)(c1ccccc1)O2. The van der Waals surface area contributed by atoms with Crippen molar-refractivity contribution in [3.63, 3.8) is 0 Å². The lowest BCUT2D eigenvalue weighted by molar-refractivity contribution is 0.637. The number of fused-ring (bicyclic) bond motifs is 6. The summed E-state index contributed by atoms with van der Waals surface area (Å²) in [6.45, 7) is 0. The number of aromatic nitrogens is 2. The van der Waals surface area contributed by atoms with E-state index in [9.17, 15) is 0 Å². The molecule has 2 unspecified atom stereocenters. The normalized spacial score (nSPS) is 21.5. The summed E-state index contributed by atoms with van der Waals surface area (Å²) in [5.74, 6) is 1.71. The van der Waals surface area contributed by atoms with Crippen LogP contribution in [-0.2, 0) is 23.6 Å². The van der Waals surface area contributed by atoms with E-state index in [1.807, 2.05) is 48.5 Å². The van der Waals surface area contributed by atoms with E-state index in [1.54, 1.807) is 0 Å². The molecule has 2 aliphatic heterocycles. The van der Waals surface area contributed by atoms with Crippen molar-refractivity contribution in [2.45, 2.75) is 0 Å². The van der Waals surface area contributed by atoms with Gasteiger partial charge in [-0.05, 0) is 72.1 Å². The van der Waals surface area contributed by atoms with E-state index >= 15 is 0 Å². The summed E-state index contributed by atoms with van der Waals surface area (Å²) in [6.07, 6.45) is -5.15. The second kappa shape index (κ2) is 7.16. The minimum atomic E-state index is -2.57. The predicted octanol–water partition coefficient (Wildman–Crippen LogP) is 7.65. The van der Waals surface area contributed by atoms with Crippen LogP contribution in [0.25, 0.3) is 43.6 Å². The zero-order chi connectivity index (χ0) is 25.2. The molecule has 2 aromatic heterocycles. The maximum Gasteiger partial charge on any atom is 0.239 e. The number of benzene rings is 5. The third kappa shape index (κ3) is 2.48. The van der Waals surface area contributed by atoms with E-state index in [0.717, 1.165) is 65.7 Å². The second-order valence-electron chi connectivity index (χ2n) is 9.71. The molecule has 0 radical (unpaired) electrons. The Morgan fingerprint density at radius 2 is 0.895 bits per heavy atom. The minimum Gasteiger partial charge on any atom is -0.442 e. The van der Waals surface area contributed by atoms with Crippen LogP contribution in [0.15, 0.2) is 109 Å². The fourth-order valence-electron chi connectivity index (χ4n) is 6.13. The van der Waals surface area contributed by atoms with Gasteiger partial charge in [-0.15, -0.1) is 0 Å². The number of para-hydroxylation sites is 2. The lowest BCUT2D eigenvalue weighted by Crippen LogP contribution is -2.12. The van der Waals surface area contributed by atoms with Crippen LogP contribution in [0, 0.1) is 0 Å². The number of hydrogen-bond donors (Lipinski definition) is 0. The molecule has 0 saturated carbocycles. The van der Waals surface area contributed by atoms with Crippen molar-refractivity contribution in [2.24, 2.45) is 0 Å². The fraction of sp³-hybridized carbons (Fsp3) is 0. The van der Waals surface area contributed by atoms with Gasteiger partial charge in [0.15, 0.2) is 11.5 Å². The third-order valence-electron chi connectivity index (χ3n) is 7.71. The molecule has 4 nitrogen and oxygen atoms in total. The molecule has 4 heterocycles. The Bertz CT molecular complexity index is 2090. The Morgan fingerprint density at radius 1 is 0.474 bits per heavy atom. The van der Waals surface area contributed by atoms with Crippen LogP contribution >= 0.6 is 12.8 Å². The summed E-state index contributed by atoms with van der Waals surface area (Å²) >= 11 is 12.8. The van der Waals surface area contributed by atoms with Gasteiger partial charge in [-0.25, -0.2) is 0 Å². The van der Waals surface area contributed by atoms with E-state index in [-0.39, 0.29) is 0 Å². The monoisotopic (exact) mass is 564 g/mol. The van der Waals surface area contributed by atoms with Gasteiger partial charge in [-0.2, -0.15) is 0 Å².